The molecule has 1 heterocycles. The quantitative estimate of drug-likeness (QED) is 0.625. The normalized spacial score (nSPS) is 20.0. The van der Waals surface area contributed by atoms with Crippen molar-refractivity contribution >= 4 is 22.8 Å². The van der Waals surface area contributed by atoms with Crippen molar-refractivity contribution < 1.29 is 9.31 Å². The van der Waals surface area contributed by atoms with Crippen LogP contribution in [0.2, 0.25) is 0 Å². The van der Waals surface area contributed by atoms with Gasteiger partial charge in [-0.3, -0.25) is 0 Å². The number of anilines is 3. The van der Waals surface area contributed by atoms with E-state index in [4.69, 9.17) is 16.2 Å². The second-order valence-electron chi connectivity index (χ2n) is 7.80. The minimum atomic E-state index is 0.0506. The van der Waals surface area contributed by atoms with E-state index in [0.717, 1.165) is 34.0 Å². The Hall–Kier alpha value is -3.21. The fraction of sp³-hybridized carbons (Fsp3) is 0.261. The third-order valence-electron chi connectivity index (χ3n) is 5.55. The summed E-state index contributed by atoms with van der Waals surface area (Å²) in [5.74, 6) is 1.93. The zero-order chi connectivity index (χ0) is 20.0. The van der Waals surface area contributed by atoms with Crippen LogP contribution in [-0.2, 0) is 0 Å². The fourth-order valence-corrected chi connectivity index (χ4v) is 3.94. The first-order chi connectivity index (χ1) is 13.4. The van der Waals surface area contributed by atoms with Crippen LogP contribution in [-0.4, -0.2) is 38.5 Å². The molecule has 0 aromatic heterocycles. The number of benzene rings is 2. The van der Waals surface area contributed by atoms with Gasteiger partial charge in [-0.25, -0.2) is 4.58 Å². The summed E-state index contributed by atoms with van der Waals surface area (Å²) in [5.41, 5.74) is 18.2. The molecule has 5 heteroatoms. The maximum Gasteiger partial charge on any atom is 0.202 e. The van der Waals surface area contributed by atoms with E-state index in [9.17, 15) is 0 Å². The van der Waals surface area contributed by atoms with Crippen molar-refractivity contribution in [2.45, 2.75) is 5.92 Å². The van der Waals surface area contributed by atoms with Gasteiger partial charge in [0.1, 0.15) is 25.6 Å². The highest BCUT2D eigenvalue weighted by Crippen LogP contribution is 2.49. The summed E-state index contributed by atoms with van der Waals surface area (Å²) in [6, 6.07) is 12.2. The second-order valence-corrected chi connectivity index (χ2v) is 7.80. The first-order valence-corrected chi connectivity index (χ1v) is 9.44. The zero-order valence-corrected chi connectivity index (χ0v) is 16.8. The van der Waals surface area contributed by atoms with Crippen LogP contribution >= 0.6 is 0 Å². The number of nitrogen functional groups attached to an aromatic ring is 2. The molecule has 0 saturated heterocycles. The van der Waals surface area contributed by atoms with Crippen molar-refractivity contribution in [3.05, 3.63) is 71.5 Å². The van der Waals surface area contributed by atoms with E-state index in [1.165, 1.54) is 0 Å². The van der Waals surface area contributed by atoms with E-state index in [2.05, 4.69) is 52.0 Å². The lowest BCUT2D eigenvalue weighted by Gasteiger charge is -2.36. The topological polar surface area (TPSA) is 67.5 Å². The molecule has 4 rings (SSSR count). The summed E-state index contributed by atoms with van der Waals surface area (Å²) in [6.07, 6.45) is 6.47. The summed E-state index contributed by atoms with van der Waals surface area (Å²) in [5, 5.41) is 0. The lowest BCUT2D eigenvalue weighted by atomic mass is 9.75. The van der Waals surface area contributed by atoms with Gasteiger partial charge in [-0.1, -0.05) is 24.3 Å². The Labute approximate surface area is 166 Å². The summed E-state index contributed by atoms with van der Waals surface area (Å²) in [6.45, 7) is 0. The molecule has 2 aromatic carbocycles. The fourth-order valence-electron chi connectivity index (χ4n) is 3.94. The molecule has 5 nitrogen and oxygen atoms in total. The molecular weight excluding hydrogens is 348 g/mol. The van der Waals surface area contributed by atoms with Gasteiger partial charge in [-0.15, -0.1) is 0 Å². The predicted octanol–water partition coefficient (Wildman–Crippen LogP) is 3.22. The van der Waals surface area contributed by atoms with Gasteiger partial charge in [-0.2, -0.15) is 0 Å². The number of fused-ring (bicyclic) bond motifs is 2. The zero-order valence-electron chi connectivity index (χ0n) is 16.8. The molecule has 0 radical (unpaired) electrons. The molecule has 0 bridgehead atoms. The monoisotopic (exact) mass is 375 g/mol. The van der Waals surface area contributed by atoms with E-state index in [0.29, 0.717) is 11.4 Å². The average molecular weight is 375 g/mol. The van der Waals surface area contributed by atoms with Crippen molar-refractivity contribution in [3.63, 3.8) is 0 Å². The van der Waals surface area contributed by atoms with Crippen molar-refractivity contribution in [2.75, 3.05) is 44.6 Å². The highest BCUT2D eigenvalue weighted by atomic mass is 16.5. The van der Waals surface area contributed by atoms with E-state index in [1.54, 1.807) is 0 Å². The largest absolute Gasteiger partial charge is 0.460 e. The second kappa shape index (κ2) is 6.75. The van der Waals surface area contributed by atoms with Crippen molar-refractivity contribution in [2.24, 2.45) is 5.92 Å². The molecule has 28 heavy (non-hydrogen) atoms. The van der Waals surface area contributed by atoms with Crippen LogP contribution in [0.25, 0.3) is 0 Å². The summed E-state index contributed by atoms with van der Waals surface area (Å²) in [4.78, 5) is 2.08. The molecular formula is C23H27N4O+. The minimum Gasteiger partial charge on any atom is -0.460 e. The van der Waals surface area contributed by atoms with Gasteiger partial charge in [0, 0.05) is 55.4 Å². The molecule has 1 aliphatic heterocycles. The Bertz CT molecular complexity index is 1030. The lowest BCUT2D eigenvalue weighted by molar-refractivity contribution is -0.462. The Morgan fingerprint density at radius 3 is 2.54 bits per heavy atom. The molecule has 0 fully saturated rings. The Morgan fingerprint density at radius 1 is 1.04 bits per heavy atom. The van der Waals surface area contributed by atoms with Gasteiger partial charge >= 0.3 is 0 Å². The first kappa shape index (κ1) is 18.2. The molecule has 1 aliphatic carbocycles. The van der Waals surface area contributed by atoms with Crippen LogP contribution in [0.3, 0.4) is 0 Å². The van der Waals surface area contributed by atoms with Gasteiger partial charge in [-0.05, 0) is 17.7 Å². The number of rotatable bonds is 2. The minimum absolute atomic E-state index is 0.0506. The van der Waals surface area contributed by atoms with Crippen LogP contribution in [0, 0.1) is 5.92 Å². The molecule has 2 aliphatic rings. The third kappa shape index (κ3) is 2.93. The number of hydrogen-bond donors (Lipinski definition) is 2. The average Bonchev–Trinajstić information content (AvgIpc) is 2.67. The number of nitrogens with zero attached hydrogens (tertiary/aromatic N) is 2. The summed E-state index contributed by atoms with van der Waals surface area (Å²) in [7, 11) is 8.12. The van der Waals surface area contributed by atoms with Gasteiger partial charge < -0.3 is 21.1 Å². The van der Waals surface area contributed by atoms with Crippen LogP contribution in [0.15, 0.2) is 60.4 Å². The Kier molecular flexibility index (Phi) is 4.38. The van der Waals surface area contributed by atoms with Gasteiger partial charge in [0.05, 0.1) is 11.4 Å². The summed E-state index contributed by atoms with van der Waals surface area (Å²) < 4.78 is 8.47. The maximum absolute atomic E-state index is 6.42. The molecule has 4 N–H and O–H groups in total. The summed E-state index contributed by atoms with van der Waals surface area (Å²) >= 11 is 0. The first-order valence-electron chi connectivity index (χ1n) is 9.44. The van der Waals surface area contributed by atoms with E-state index in [-0.39, 0.29) is 11.8 Å². The number of allylic oxidation sites excluding steroid dienone is 3. The van der Waals surface area contributed by atoms with Crippen LogP contribution in [0.5, 0.6) is 5.75 Å². The van der Waals surface area contributed by atoms with Crippen LogP contribution in [0.4, 0.5) is 17.1 Å². The lowest BCUT2D eigenvalue weighted by Crippen LogP contribution is -2.28. The predicted molar refractivity (Wildman–Crippen MR) is 116 cm³/mol. The van der Waals surface area contributed by atoms with Gasteiger partial charge in [0.15, 0.2) is 0 Å². The highest BCUT2D eigenvalue weighted by Gasteiger charge is 2.38. The van der Waals surface area contributed by atoms with Gasteiger partial charge in [0.2, 0.25) is 5.71 Å². The molecule has 2 atom stereocenters. The molecule has 0 amide bonds. The van der Waals surface area contributed by atoms with Crippen LogP contribution < -0.4 is 21.1 Å². The van der Waals surface area contributed by atoms with Crippen LogP contribution in [0.1, 0.15) is 17.0 Å². The number of hydrogen-bond acceptors (Lipinski definition) is 4. The van der Waals surface area contributed by atoms with E-state index >= 15 is 0 Å². The number of ether oxygens (including phenoxy) is 1. The number of para-hydroxylation sites is 1. The highest BCUT2D eigenvalue weighted by molar-refractivity contribution is 6.01. The van der Waals surface area contributed by atoms with Gasteiger partial charge in [0.25, 0.3) is 0 Å². The SMILES string of the molecule is CN(C)c1ccc2c(c1)OC1=CC(=[N+](C)C)C=CC1C2c1cccc(N)c1N. The molecule has 144 valence electrons. The number of nitrogens with two attached hydrogens (primary N) is 2. The Morgan fingerprint density at radius 2 is 1.82 bits per heavy atom. The Balaban J connectivity index is 1.93. The van der Waals surface area contributed by atoms with Crippen molar-refractivity contribution in [1.29, 1.82) is 0 Å². The molecule has 0 saturated carbocycles. The van der Waals surface area contributed by atoms with E-state index < -0.39 is 0 Å². The standard InChI is InChI=1S/C23H27N4O/c1-26(2)14-8-10-16-20(12-14)28-21-13-15(27(3)4)9-11-17(21)22(16)18-6-5-7-19(24)23(18)25/h5-13,16,22H,24-25H2,1-4H3/q+1. The smallest absolute Gasteiger partial charge is 0.202 e. The molecule has 0 spiro atoms. The van der Waals surface area contributed by atoms with Crippen molar-refractivity contribution in [1.82, 2.24) is 0 Å². The maximum atomic E-state index is 6.42. The molecule has 2 aromatic rings. The van der Waals surface area contributed by atoms with Crippen molar-refractivity contribution in [3.8, 4) is 5.75 Å². The third-order valence-corrected chi connectivity index (χ3v) is 5.55. The van der Waals surface area contributed by atoms with E-state index in [1.807, 2.05) is 40.3 Å². The molecule has 2 unspecified atom stereocenters.